The van der Waals surface area contributed by atoms with Crippen LogP contribution in [0.15, 0.2) is 24.3 Å². The van der Waals surface area contributed by atoms with Crippen LogP contribution >= 0.6 is 12.2 Å². The Bertz CT molecular complexity index is 459. The molecule has 0 unspecified atom stereocenters. The van der Waals surface area contributed by atoms with Crippen LogP contribution in [0.3, 0.4) is 0 Å². The molecule has 1 heterocycles. The monoisotopic (exact) mass is 307 g/mol. The number of piperazine rings is 1. The average molecular weight is 307 g/mol. The zero-order valence-corrected chi connectivity index (χ0v) is 13.6. The molecular formula is C16H25N3OS. The number of thiocarbonyl (C=S) groups is 1. The normalized spacial score (nSPS) is 16.0. The first-order chi connectivity index (χ1) is 10.2. The van der Waals surface area contributed by atoms with Crippen molar-refractivity contribution in [3.63, 3.8) is 0 Å². The standard InChI is InChI=1S/C16H25N3OS/c1-20-15-7-3-2-6-14(15)19-12-10-18(11-13-19)9-5-4-8-16(17)21/h2-3,6-7H,4-5,8-13H2,1H3,(H2,17,21). The minimum absolute atomic E-state index is 0.635. The summed E-state index contributed by atoms with van der Waals surface area (Å²) in [5.41, 5.74) is 6.72. The van der Waals surface area contributed by atoms with Gasteiger partial charge in [0.1, 0.15) is 5.75 Å². The van der Waals surface area contributed by atoms with Crippen LogP contribution in [-0.4, -0.2) is 49.7 Å². The molecule has 1 aromatic carbocycles. The lowest BCUT2D eigenvalue weighted by molar-refractivity contribution is 0.253. The summed E-state index contributed by atoms with van der Waals surface area (Å²) in [5, 5.41) is 0. The lowest BCUT2D eigenvalue weighted by Gasteiger charge is -2.36. The first-order valence-corrected chi connectivity index (χ1v) is 8.00. The molecule has 5 heteroatoms. The zero-order valence-electron chi connectivity index (χ0n) is 12.8. The molecule has 21 heavy (non-hydrogen) atoms. The van der Waals surface area contributed by atoms with Crippen LogP contribution in [0.4, 0.5) is 5.69 Å². The fourth-order valence-corrected chi connectivity index (χ4v) is 2.88. The van der Waals surface area contributed by atoms with E-state index in [1.165, 1.54) is 12.1 Å². The van der Waals surface area contributed by atoms with Crippen LogP contribution in [-0.2, 0) is 0 Å². The number of nitrogens with two attached hydrogens (primary N) is 1. The molecule has 0 radical (unpaired) electrons. The lowest BCUT2D eigenvalue weighted by Crippen LogP contribution is -2.46. The molecule has 1 aromatic rings. The average Bonchev–Trinajstić information content (AvgIpc) is 2.52. The van der Waals surface area contributed by atoms with E-state index in [4.69, 9.17) is 22.7 Å². The van der Waals surface area contributed by atoms with Gasteiger partial charge in [0.2, 0.25) is 0 Å². The third kappa shape index (κ3) is 4.86. The second-order valence-electron chi connectivity index (χ2n) is 5.42. The highest BCUT2D eigenvalue weighted by atomic mass is 32.1. The molecule has 116 valence electrons. The summed E-state index contributed by atoms with van der Waals surface area (Å²) < 4.78 is 5.45. The minimum Gasteiger partial charge on any atom is -0.495 e. The van der Waals surface area contributed by atoms with Crippen LogP contribution in [0.5, 0.6) is 5.75 Å². The smallest absolute Gasteiger partial charge is 0.142 e. The second-order valence-corrected chi connectivity index (χ2v) is 5.95. The quantitative estimate of drug-likeness (QED) is 0.618. The summed E-state index contributed by atoms with van der Waals surface area (Å²) >= 11 is 4.90. The Morgan fingerprint density at radius 2 is 1.90 bits per heavy atom. The fraction of sp³-hybridized carbons (Fsp3) is 0.562. The van der Waals surface area contributed by atoms with E-state index in [1.54, 1.807) is 7.11 Å². The van der Waals surface area contributed by atoms with Gasteiger partial charge in [-0.25, -0.2) is 0 Å². The van der Waals surface area contributed by atoms with E-state index >= 15 is 0 Å². The molecule has 1 saturated heterocycles. The molecule has 0 saturated carbocycles. The van der Waals surface area contributed by atoms with Crippen molar-refractivity contribution >= 4 is 22.9 Å². The van der Waals surface area contributed by atoms with Gasteiger partial charge in [-0.3, -0.25) is 4.90 Å². The molecule has 2 rings (SSSR count). The number of hydrogen-bond donors (Lipinski definition) is 1. The first kappa shape index (κ1) is 16.0. The number of ether oxygens (including phenoxy) is 1. The van der Waals surface area contributed by atoms with Gasteiger partial charge in [0.15, 0.2) is 0 Å². The van der Waals surface area contributed by atoms with Crippen molar-refractivity contribution in [3.05, 3.63) is 24.3 Å². The number of unbranched alkanes of at least 4 members (excludes halogenated alkanes) is 1. The minimum atomic E-state index is 0.635. The topological polar surface area (TPSA) is 41.7 Å². The number of rotatable bonds is 7. The summed E-state index contributed by atoms with van der Waals surface area (Å²) in [5.74, 6) is 0.961. The fourth-order valence-electron chi connectivity index (χ4n) is 2.74. The molecule has 2 N–H and O–H groups in total. The Kier molecular flexibility index (Phi) is 6.26. The Balaban J connectivity index is 1.76. The van der Waals surface area contributed by atoms with Crippen molar-refractivity contribution in [2.75, 3.05) is 44.7 Å². The van der Waals surface area contributed by atoms with E-state index in [2.05, 4.69) is 21.9 Å². The maximum Gasteiger partial charge on any atom is 0.142 e. The molecule has 1 fully saturated rings. The second kappa shape index (κ2) is 8.20. The zero-order chi connectivity index (χ0) is 15.1. The van der Waals surface area contributed by atoms with Gasteiger partial charge in [-0.1, -0.05) is 24.4 Å². The highest BCUT2D eigenvalue weighted by molar-refractivity contribution is 7.80. The van der Waals surface area contributed by atoms with E-state index in [0.29, 0.717) is 4.99 Å². The number of anilines is 1. The van der Waals surface area contributed by atoms with Crippen LogP contribution in [0.25, 0.3) is 0 Å². The van der Waals surface area contributed by atoms with Crippen LogP contribution < -0.4 is 15.4 Å². The van der Waals surface area contributed by atoms with Gasteiger partial charge in [-0.2, -0.15) is 0 Å². The predicted molar refractivity (Wildman–Crippen MR) is 92.3 cm³/mol. The summed E-state index contributed by atoms with van der Waals surface area (Å²) in [6.07, 6.45) is 3.14. The first-order valence-electron chi connectivity index (χ1n) is 7.59. The molecule has 0 atom stereocenters. The van der Waals surface area contributed by atoms with Crippen molar-refractivity contribution in [1.82, 2.24) is 4.90 Å². The van der Waals surface area contributed by atoms with Crippen molar-refractivity contribution in [1.29, 1.82) is 0 Å². The van der Waals surface area contributed by atoms with Crippen molar-refractivity contribution in [3.8, 4) is 5.75 Å². The highest BCUT2D eigenvalue weighted by Crippen LogP contribution is 2.28. The van der Waals surface area contributed by atoms with Gasteiger partial charge in [0.25, 0.3) is 0 Å². The number of para-hydroxylation sites is 2. The molecular weight excluding hydrogens is 282 g/mol. The van der Waals surface area contributed by atoms with Gasteiger partial charge < -0.3 is 15.4 Å². The van der Waals surface area contributed by atoms with Gasteiger partial charge in [-0.15, -0.1) is 0 Å². The third-order valence-electron chi connectivity index (χ3n) is 3.95. The summed E-state index contributed by atoms with van der Waals surface area (Å²) in [4.78, 5) is 5.56. The van der Waals surface area contributed by atoms with E-state index in [1.807, 2.05) is 12.1 Å². The Hall–Kier alpha value is -1.33. The van der Waals surface area contributed by atoms with Gasteiger partial charge >= 0.3 is 0 Å². The largest absolute Gasteiger partial charge is 0.495 e. The van der Waals surface area contributed by atoms with Crippen LogP contribution in [0, 0.1) is 0 Å². The number of nitrogens with zero attached hydrogens (tertiary/aromatic N) is 2. The Morgan fingerprint density at radius 1 is 1.19 bits per heavy atom. The van der Waals surface area contributed by atoms with E-state index < -0.39 is 0 Å². The highest BCUT2D eigenvalue weighted by Gasteiger charge is 2.18. The van der Waals surface area contributed by atoms with Gasteiger partial charge in [0, 0.05) is 26.2 Å². The molecule has 0 bridgehead atoms. The van der Waals surface area contributed by atoms with E-state index in [-0.39, 0.29) is 0 Å². The van der Waals surface area contributed by atoms with Gasteiger partial charge in [0.05, 0.1) is 17.8 Å². The molecule has 0 aliphatic carbocycles. The van der Waals surface area contributed by atoms with Crippen molar-refractivity contribution < 1.29 is 4.74 Å². The third-order valence-corrected chi connectivity index (χ3v) is 4.15. The van der Waals surface area contributed by atoms with Gasteiger partial charge in [-0.05, 0) is 37.9 Å². The number of benzene rings is 1. The van der Waals surface area contributed by atoms with Crippen molar-refractivity contribution in [2.45, 2.75) is 19.3 Å². The lowest BCUT2D eigenvalue weighted by atomic mass is 10.2. The molecule has 4 nitrogen and oxygen atoms in total. The van der Waals surface area contributed by atoms with Crippen LogP contribution in [0.1, 0.15) is 19.3 Å². The van der Waals surface area contributed by atoms with E-state index in [9.17, 15) is 0 Å². The van der Waals surface area contributed by atoms with E-state index in [0.717, 1.165) is 51.3 Å². The maximum atomic E-state index is 5.52. The number of hydrogen-bond acceptors (Lipinski definition) is 4. The van der Waals surface area contributed by atoms with Crippen molar-refractivity contribution in [2.24, 2.45) is 5.73 Å². The van der Waals surface area contributed by atoms with Crippen LogP contribution in [0.2, 0.25) is 0 Å². The SMILES string of the molecule is COc1ccccc1N1CCN(CCCCC(N)=S)CC1. The number of methoxy groups -OCH3 is 1. The molecule has 1 aliphatic rings. The molecule has 0 spiro atoms. The molecule has 0 aromatic heterocycles. The summed E-state index contributed by atoms with van der Waals surface area (Å²) in [6.45, 7) is 5.45. The molecule has 1 aliphatic heterocycles. The maximum absolute atomic E-state index is 5.52. The molecule has 0 amide bonds. The Morgan fingerprint density at radius 3 is 2.57 bits per heavy atom. The predicted octanol–water partition coefficient (Wildman–Crippen LogP) is 2.27. The summed E-state index contributed by atoms with van der Waals surface area (Å²) in [6, 6.07) is 8.24. The Labute approximate surface area is 132 Å². The summed E-state index contributed by atoms with van der Waals surface area (Å²) in [7, 11) is 1.73.